The Morgan fingerprint density at radius 1 is 0.917 bits per heavy atom. The molecule has 0 bridgehead atoms. The van der Waals surface area contributed by atoms with Gasteiger partial charge in [0.25, 0.3) is 0 Å². The second-order valence-corrected chi connectivity index (χ2v) is 2.71. The monoisotopic (exact) mass is 156 g/mol. The van der Waals surface area contributed by atoms with Gasteiger partial charge in [-0.1, -0.05) is 0 Å². The minimum absolute atomic E-state index is 0.645. The van der Waals surface area contributed by atoms with E-state index >= 15 is 0 Å². The largest absolute Gasteiger partial charge is 0.192 e. The van der Waals surface area contributed by atoms with Crippen LogP contribution in [0.4, 0.5) is 0 Å². The zero-order chi connectivity index (χ0) is 9.14. The summed E-state index contributed by atoms with van der Waals surface area (Å²) in [6.45, 7) is 3.66. The van der Waals surface area contributed by atoms with E-state index in [0.29, 0.717) is 11.1 Å². The first kappa shape index (κ1) is 8.30. The maximum absolute atomic E-state index is 8.67. The van der Waals surface area contributed by atoms with Gasteiger partial charge in [0.15, 0.2) is 0 Å². The molecule has 0 amide bonds. The minimum atomic E-state index is 0.645. The first-order valence-electron chi connectivity index (χ1n) is 3.60. The van der Waals surface area contributed by atoms with Gasteiger partial charge < -0.3 is 0 Å². The van der Waals surface area contributed by atoms with Crippen LogP contribution >= 0.6 is 0 Å². The Bertz CT molecular complexity index is 352. The molecule has 0 unspecified atom stereocenters. The van der Waals surface area contributed by atoms with E-state index in [0.717, 1.165) is 11.1 Å². The van der Waals surface area contributed by atoms with Crippen molar-refractivity contribution in [3.63, 3.8) is 0 Å². The lowest BCUT2D eigenvalue weighted by Crippen LogP contribution is -1.88. The highest BCUT2D eigenvalue weighted by Gasteiger charge is 2.02. The van der Waals surface area contributed by atoms with Crippen LogP contribution in [-0.4, -0.2) is 0 Å². The summed E-state index contributed by atoms with van der Waals surface area (Å²) in [5.41, 5.74) is 3.01. The van der Waals surface area contributed by atoms with Gasteiger partial charge in [0.1, 0.15) is 0 Å². The standard InChI is InChI=1S/C10H8N2/c1-7-3-10(6-12)8(2)4-9(7)5-11/h3-4H,1-2H3. The van der Waals surface area contributed by atoms with Crippen molar-refractivity contribution in [3.8, 4) is 12.1 Å². The highest BCUT2D eigenvalue weighted by Crippen LogP contribution is 2.13. The van der Waals surface area contributed by atoms with Crippen LogP contribution < -0.4 is 0 Å². The number of nitriles is 2. The molecule has 58 valence electrons. The number of rotatable bonds is 0. The maximum Gasteiger partial charge on any atom is 0.0994 e. The summed E-state index contributed by atoms with van der Waals surface area (Å²) < 4.78 is 0. The number of hydrogen-bond donors (Lipinski definition) is 0. The number of aryl methyl sites for hydroxylation is 2. The molecule has 0 fully saturated rings. The Balaban J connectivity index is 3.41. The predicted molar refractivity (Wildman–Crippen MR) is 45.3 cm³/mol. The number of benzene rings is 1. The second kappa shape index (κ2) is 3.07. The third kappa shape index (κ3) is 1.28. The molecule has 0 aliphatic rings. The van der Waals surface area contributed by atoms with Crippen LogP contribution in [-0.2, 0) is 0 Å². The third-order valence-corrected chi connectivity index (χ3v) is 1.81. The van der Waals surface area contributed by atoms with Crippen molar-refractivity contribution >= 4 is 0 Å². The topological polar surface area (TPSA) is 47.6 Å². The predicted octanol–water partition coefficient (Wildman–Crippen LogP) is 2.05. The summed E-state index contributed by atoms with van der Waals surface area (Å²) in [6.07, 6.45) is 0. The van der Waals surface area contributed by atoms with Crippen LogP contribution in [0.15, 0.2) is 12.1 Å². The molecule has 0 N–H and O–H groups in total. The lowest BCUT2D eigenvalue weighted by Gasteiger charge is -2.00. The SMILES string of the molecule is Cc1cc(C#N)c(C)cc1C#N. The molecule has 1 aromatic rings. The summed E-state index contributed by atoms with van der Waals surface area (Å²) in [6, 6.07) is 7.64. The molecule has 0 atom stereocenters. The van der Waals surface area contributed by atoms with E-state index in [1.807, 2.05) is 13.8 Å². The van der Waals surface area contributed by atoms with Crippen LogP contribution in [0.5, 0.6) is 0 Å². The molecule has 1 rings (SSSR count). The average molecular weight is 156 g/mol. The molecule has 0 radical (unpaired) electrons. The highest BCUT2D eigenvalue weighted by molar-refractivity contribution is 5.48. The average Bonchev–Trinajstić information content (AvgIpc) is 2.08. The molecule has 0 aromatic heterocycles. The van der Waals surface area contributed by atoms with E-state index in [-0.39, 0.29) is 0 Å². The lowest BCUT2D eigenvalue weighted by atomic mass is 10.0. The molecular weight excluding hydrogens is 148 g/mol. The molecule has 12 heavy (non-hydrogen) atoms. The van der Waals surface area contributed by atoms with E-state index in [4.69, 9.17) is 10.5 Å². The molecule has 0 heterocycles. The molecular formula is C10H8N2. The Labute approximate surface area is 71.7 Å². The molecule has 0 saturated carbocycles. The van der Waals surface area contributed by atoms with E-state index in [2.05, 4.69) is 12.1 Å². The molecule has 1 aromatic carbocycles. The van der Waals surface area contributed by atoms with Crippen molar-refractivity contribution in [1.82, 2.24) is 0 Å². The van der Waals surface area contributed by atoms with Crippen LogP contribution in [0, 0.1) is 36.5 Å². The fraction of sp³-hybridized carbons (Fsp3) is 0.200. The molecule has 0 spiro atoms. The lowest BCUT2D eigenvalue weighted by molar-refractivity contribution is 1.31. The van der Waals surface area contributed by atoms with Crippen molar-refractivity contribution in [2.45, 2.75) is 13.8 Å². The molecule has 0 saturated heterocycles. The molecule has 2 nitrogen and oxygen atoms in total. The Hall–Kier alpha value is -1.80. The first-order chi connectivity index (χ1) is 5.69. The van der Waals surface area contributed by atoms with Crippen molar-refractivity contribution in [1.29, 1.82) is 10.5 Å². The van der Waals surface area contributed by atoms with Crippen molar-refractivity contribution < 1.29 is 0 Å². The summed E-state index contributed by atoms with van der Waals surface area (Å²) in [4.78, 5) is 0. The molecule has 0 aliphatic heterocycles. The molecule has 0 aliphatic carbocycles. The first-order valence-corrected chi connectivity index (χ1v) is 3.60. The fourth-order valence-electron chi connectivity index (χ4n) is 1.06. The van der Waals surface area contributed by atoms with Gasteiger partial charge >= 0.3 is 0 Å². The summed E-state index contributed by atoms with van der Waals surface area (Å²) in [5, 5.41) is 17.3. The van der Waals surface area contributed by atoms with Gasteiger partial charge in [-0.15, -0.1) is 0 Å². The number of nitrogens with zero attached hydrogens (tertiary/aromatic N) is 2. The second-order valence-electron chi connectivity index (χ2n) is 2.71. The van der Waals surface area contributed by atoms with Gasteiger partial charge in [0, 0.05) is 0 Å². The van der Waals surface area contributed by atoms with Crippen molar-refractivity contribution in [2.24, 2.45) is 0 Å². The summed E-state index contributed by atoms with van der Waals surface area (Å²) in [7, 11) is 0. The quantitative estimate of drug-likeness (QED) is 0.577. The maximum atomic E-state index is 8.67. The van der Waals surface area contributed by atoms with Crippen molar-refractivity contribution in [3.05, 3.63) is 34.4 Å². The van der Waals surface area contributed by atoms with E-state index in [1.165, 1.54) is 0 Å². The van der Waals surface area contributed by atoms with Gasteiger partial charge in [-0.05, 0) is 37.1 Å². The van der Waals surface area contributed by atoms with Gasteiger partial charge in [-0.3, -0.25) is 0 Å². The Morgan fingerprint density at radius 2 is 1.25 bits per heavy atom. The zero-order valence-electron chi connectivity index (χ0n) is 7.05. The van der Waals surface area contributed by atoms with E-state index < -0.39 is 0 Å². The third-order valence-electron chi connectivity index (χ3n) is 1.81. The van der Waals surface area contributed by atoms with E-state index in [1.54, 1.807) is 12.1 Å². The Kier molecular flexibility index (Phi) is 2.12. The summed E-state index contributed by atoms with van der Waals surface area (Å²) >= 11 is 0. The van der Waals surface area contributed by atoms with E-state index in [9.17, 15) is 0 Å². The normalized spacial score (nSPS) is 8.67. The highest BCUT2D eigenvalue weighted by atomic mass is 14.3. The van der Waals surface area contributed by atoms with Crippen LogP contribution in [0.3, 0.4) is 0 Å². The van der Waals surface area contributed by atoms with Crippen LogP contribution in [0.25, 0.3) is 0 Å². The van der Waals surface area contributed by atoms with Gasteiger partial charge in [-0.25, -0.2) is 0 Å². The zero-order valence-corrected chi connectivity index (χ0v) is 7.05. The molecule has 2 heteroatoms. The Morgan fingerprint density at radius 3 is 1.50 bits per heavy atom. The summed E-state index contributed by atoms with van der Waals surface area (Å²) in [5.74, 6) is 0. The van der Waals surface area contributed by atoms with Crippen LogP contribution in [0.2, 0.25) is 0 Å². The van der Waals surface area contributed by atoms with Gasteiger partial charge in [-0.2, -0.15) is 10.5 Å². The van der Waals surface area contributed by atoms with Gasteiger partial charge in [0.05, 0.1) is 23.3 Å². The van der Waals surface area contributed by atoms with Gasteiger partial charge in [0.2, 0.25) is 0 Å². The van der Waals surface area contributed by atoms with Crippen LogP contribution in [0.1, 0.15) is 22.3 Å². The minimum Gasteiger partial charge on any atom is -0.192 e. The number of hydrogen-bond acceptors (Lipinski definition) is 2. The fourth-order valence-corrected chi connectivity index (χ4v) is 1.06. The van der Waals surface area contributed by atoms with Crippen molar-refractivity contribution in [2.75, 3.05) is 0 Å². The smallest absolute Gasteiger partial charge is 0.0994 e.